The normalized spacial score (nSPS) is 15.3. The summed E-state index contributed by atoms with van der Waals surface area (Å²) in [5.41, 5.74) is 3.71. The molecule has 3 aromatic rings. The molecule has 8 heteroatoms. The zero-order valence-electron chi connectivity index (χ0n) is 18.0. The molecule has 1 aromatic heterocycles. The lowest BCUT2D eigenvalue weighted by Gasteiger charge is -2.19. The number of nitrogens with one attached hydrogen (secondary N) is 1. The van der Waals surface area contributed by atoms with Gasteiger partial charge in [0.05, 0.1) is 16.1 Å². The average Bonchev–Trinajstić information content (AvgIpc) is 3.33. The number of thiophene rings is 1. The van der Waals surface area contributed by atoms with Crippen LogP contribution in [0.15, 0.2) is 53.4 Å². The van der Waals surface area contributed by atoms with Gasteiger partial charge in [-0.2, -0.15) is 5.26 Å². The van der Waals surface area contributed by atoms with Gasteiger partial charge < -0.3 is 5.32 Å². The standard InChI is InChI=1S/C25H23N3O3S2/c26-16-21-20-7-2-1-3-9-23(20)32-25(21)27-24(29)18-10-12-19(13-11-18)33(30,31)28-15-14-17-6-4-5-8-22(17)28/h4-6,8,10-13H,1-3,7,9,14-15H2,(H,27,29). The van der Waals surface area contributed by atoms with Crippen molar-refractivity contribution < 1.29 is 13.2 Å². The van der Waals surface area contributed by atoms with Crippen LogP contribution in [0, 0.1) is 11.3 Å². The fraction of sp³-hybridized carbons (Fsp3) is 0.280. The predicted molar refractivity (Wildman–Crippen MR) is 129 cm³/mol. The van der Waals surface area contributed by atoms with E-state index < -0.39 is 10.0 Å². The molecule has 1 aliphatic carbocycles. The highest BCUT2D eigenvalue weighted by atomic mass is 32.2. The van der Waals surface area contributed by atoms with Crippen LogP contribution in [0.3, 0.4) is 0 Å². The number of benzene rings is 2. The molecule has 0 saturated carbocycles. The number of hydrogen-bond acceptors (Lipinski definition) is 5. The van der Waals surface area contributed by atoms with Gasteiger partial charge in [-0.05, 0) is 73.6 Å². The summed E-state index contributed by atoms with van der Waals surface area (Å²) in [4.78, 5) is 14.2. The fourth-order valence-electron chi connectivity index (χ4n) is 4.59. The first-order chi connectivity index (χ1) is 16.0. The third-order valence-electron chi connectivity index (χ3n) is 6.31. The minimum Gasteiger partial charge on any atom is -0.312 e. The van der Waals surface area contributed by atoms with E-state index in [-0.39, 0.29) is 10.8 Å². The number of anilines is 2. The first-order valence-corrected chi connectivity index (χ1v) is 13.3. The molecule has 168 valence electrons. The minimum atomic E-state index is -3.71. The number of hydrogen-bond donors (Lipinski definition) is 1. The first-order valence-electron chi connectivity index (χ1n) is 11.1. The lowest BCUT2D eigenvalue weighted by atomic mass is 10.1. The van der Waals surface area contributed by atoms with Gasteiger partial charge in [-0.1, -0.05) is 24.6 Å². The second kappa shape index (κ2) is 8.65. The molecule has 0 radical (unpaired) electrons. The van der Waals surface area contributed by atoms with E-state index in [0.717, 1.165) is 43.2 Å². The molecule has 1 amide bonds. The highest BCUT2D eigenvalue weighted by molar-refractivity contribution is 7.92. The highest BCUT2D eigenvalue weighted by Crippen LogP contribution is 2.37. The van der Waals surface area contributed by atoms with Gasteiger partial charge in [0.25, 0.3) is 15.9 Å². The van der Waals surface area contributed by atoms with E-state index in [9.17, 15) is 18.5 Å². The Bertz CT molecular complexity index is 1370. The Labute approximate surface area is 197 Å². The molecule has 1 aliphatic heterocycles. The number of nitriles is 1. The number of amides is 1. The second-order valence-electron chi connectivity index (χ2n) is 8.31. The van der Waals surface area contributed by atoms with Crippen LogP contribution in [0.2, 0.25) is 0 Å². The lowest BCUT2D eigenvalue weighted by Crippen LogP contribution is -2.29. The third-order valence-corrected chi connectivity index (χ3v) is 9.34. The molecule has 6 nitrogen and oxygen atoms in total. The SMILES string of the molecule is N#Cc1c(NC(=O)c2ccc(S(=O)(=O)N3CCc4ccccc43)cc2)sc2c1CCCCC2. The zero-order valence-corrected chi connectivity index (χ0v) is 19.6. The van der Waals surface area contributed by atoms with Gasteiger partial charge in [0.15, 0.2) is 0 Å². The van der Waals surface area contributed by atoms with E-state index in [0.29, 0.717) is 34.8 Å². The largest absolute Gasteiger partial charge is 0.312 e. The molecule has 0 fully saturated rings. The number of sulfonamides is 1. The van der Waals surface area contributed by atoms with Crippen LogP contribution < -0.4 is 9.62 Å². The van der Waals surface area contributed by atoms with Crippen molar-refractivity contribution >= 4 is 38.0 Å². The van der Waals surface area contributed by atoms with E-state index in [4.69, 9.17) is 0 Å². The van der Waals surface area contributed by atoms with Crippen LogP contribution in [0.1, 0.15) is 51.2 Å². The maximum Gasteiger partial charge on any atom is 0.264 e. The third kappa shape index (κ3) is 3.92. The van der Waals surface area contributed by atoms with Crippen molar-refractivity contribution in [2.24, 2.45) is 0 Å². The number of para-hydroxylation sites is 1. The summed E-state index contributed by atoms with van der Waals surface area (Å²) in [5.74, 6) is -0.349. The molecule has 1 N–H and O–H groups in total. The van der Waals surface area contributed by atoms with Crippen molar-refractivity contribution in [3.8, 4) is 6.07 Å². The number of rotatable bonds is 4. The molecule has 2 aliphatic rings. The molecule has 2 aromatic carbocycles. The smallest absolute Gasteiger partial charge is 0.264 e. The molecule has 2 heterocycles. The van der Waals surface area contributed by atoms with E-state index in [1.54, 1.807) is 0 Å². The van der Waals surface area contributed by atoms with Crippen molar-refractivity contribution in [1.29, 1.82) is 5.26 Å². The Balaban J connectivity index is 1.36. The van der Waals surface area contributed by atoms with Gasteiger partial charge in [0.2, 0.25) is 0 Å². The number of fused-ring (bicyclic) bond motifs is 2. The molecule has 0 saturated heterocycles. The summed E-state index contributed by atoms with van der Waals surface area (Å²) in [6, 6.07) is 15.8. The second-order valence-corrected chi connectivity index (χ2v) is 11.3. The summed E-state index contributed by atoms with van der Waals surface area (Å²) < 4.78 is 27.8. The molecule has 33 heavy (non-hydrogen) atoms. The first kappa shape index (κ1) is 21.7. The maximum atomic E-state index is 13.2. The van der Waals surface area contributed by atoms with Crippen molar-refractivity contribution in [1.82, 2.24) is 0 Å². The fourth-order valence-corrected chi connectivity index (χ4v) is 7.33. The Morgan fingerprint density at radius 2 is 1.76 bits per heavy atom. The quantitative estimate of drug-likeness (QED) is 0.542. The highest BCUT2D eigenvalue weighted by Gasteiger charge is 2.30. The van der Waals surface area contributed by atoms with Crippen molar-refractivity contribution in [3.63, 3.8) is 0 Å². The van der Waals surface area contributed by atoms with Gasteiger partial charge >= 0.3 is 0 Å². The Morgan fingerprint density at radius 1 is 1.00 bits per heavy atom. The van der Waals surface area contributed by atoms with Crippen LogP contribution in [0.25, 0.3) is 0 Å². The molecular formula is C25H23N3O3S2. The lowest BCUT2D eigenvalue weighted by molar-refractivity contribution is 0.102. The van der Waals surface area contributed by atoms with E-state index in [1.165, 1.54) is 44.8 Å². The van der Waals surface area contributed by atoms with Gasteiger partial charge in [0, 0.05) is 17.0 Å². The zero-order chi connectivity index (χ0) is 23.0. The average molecular weight is 478 g/mol. The molecule has 0 atom stereocenters. The molecule has 0 bridgehead atoms. The van der Waals surface area contributed by atoms with Crippen molar-refractivity contribution in [2.75, 3.05) is 16.2 Å². The molecular weight excluding hydrogens is 454 g/mol. The van der Waals surface area contributed by atoms with Crippen molar-refractivity contribution in [2.45, 2.75) is 43.4 Å². The molecule has 0 unspecified atom stereocenters. The Hall–Kier alpha value is -3.15. The number of nitrogens with zero attached hydrogens (tertiary/aromatic N) is 2. The summed E-state index contributed by atoms with van der Waals surface area (Å²) in [5, 5.41) is 13.1. The number of carbonyl (C=O) groups excluding carboxylic acids is 1. The topological polar surface area (TPSA) is 90.3 Å². The van der Waals surface area contributed by atoms with Crippen LogP contribution in [-0.4, -0.2) is 20.9 Å². The van der Waals surface area contributed by atoms with E-state index >= 15 is 0 Å². The van der Waals surface area contributed by atoms with Gasteiger partial charge in [-0.15, -0.1) is 11.3 Å². The van der Waals surface area contributed by atoms with E-state index in [2.05, 4.69) is 11.4 Å². The van der Waals surface area contributed by atoms with Crippen molar-refractivity contribution in [3.05, 3.63) is 75.7 Å². The van der Waals surface area contributed by atoms with Crippen LogP contribution in [-0.2, 0) is 29.3 Å². The summed E-state index contributed by atoms with van der Waals surface area (Å²) in [6.45, 7) is 0.407. The molecule has 0 spiro atoms. The monoisotopic (exact) mass is 477 g/mol. The number of carbonyl (C=O) groups is 1. The van der Waals surface area contributed by atoms with E-state index in [1.807, 2.05) is 24.3 Å². The Morgan fingerprint density at radius 3 is 2.55 bits per heavy atom. The summed E-state index contributed by atoms with van der Waals surface area (Å²) in [6.07, 6.45) is 5.81. The predicted octanol–water partition coefficient (Wildman–Crippen LogP) is 4.89. The van der Waals surface area contributed by atoms with Crippen LogP contribution in [0.4, 0.5) is 10.7 Å². The minimum absolute atomic E-state index is 0.149. The summed E-state index contributed by atoms with van der Waals surface area (Å²) in [7, 11) is -3.71. The number of aryl methyl sites for hydroxylation is 1. The van der Waals surface area contributed by atoms with Crippen LogP contribution >= 0.6 is 11.3 Å². The Kier molecular flexibility index (Phi) is 5.69. The molecule has 5 rings (SSSR count). The summed E-state index contributed by atoms with van der Waals surface area (Å²) >= 11 is 1.48. The van der Waals surface area contributed by atoms with Gasteiger partial charge in [-0.25, -0.2) is 8.42 Å². The van der Waals surface area contributed by atoms with Gasteiger partial charge in [0.1, 0.15) is 11.1 Å². The maximum absolute atomic E-state index is 13.2. The van der Waals surface area contributed by atoms with Gasteiger partial charge in [-0.3, -0.25) is 9.10 Å². The van der Waals surface area contributed by atoms with Crippen LogP contribution in [0.5, 0.6) is 0 Å².